The van der Waals surface area contributed by atoms with Gasteiger partial charge in [-0.15, -0.1) is 0 Å². The first-order valence-corrected chi connectivity index (χ1v) is 8.71. The minimum Gasteiger partial charge on any atom is -0.478 e. The number of piperidine rings is 1. The van der Waals surface area contributed by atoms with Crippen molar-refractivity contribution >= 4 is 5.97 Å². The van der Waals surface area contributed by atoms with Gasteiger partial charge >= 0.3 is 5.97 Å². The average Bonchev–Trinajstić information content (AvgIpc) is 2.45. The van der Waals surface area contributed by atoms with Gasteiger partial charge in [-0.05, 0) is 71.8 Å². The van der Waals surface area contributed by atoms with Crippen molar-refractivity contribution in [3.63, 3.8) is 0 Å². The number of ether oxygens (including phenoxy) is 1. The number of carboxylic acid groups (broad SMARTS) is 1. The molecule has 0 aromatic carbocycles. The quantitative estimate of drug-likeness (QED) is 0.440. The molecule has 0 aromatic heterocycles. The van der Waals surface area contributed by atoms with Gasteiger partial charge in [0.25, 0.3) is 0 Å². The Morgan fingerprint density at radius 1 is 1.25 bits per heavy atom. The van der Waals surface area contributed by atoms with E-state index in [1.165, 1.54) is 11.1 Å². The van der Waals surface area contributed by atoms with Crippen molar-refractivity contribution in [1.29, 1.82) is 0 Å². The zero-order valence-corrected chi connectivity index (χ0v) is 15.4. The summed E-state index contributed by atoms with van der Waals surface area (Å²) in [5, 5.41) is 29.8. The molecular weight excluding hydrogens is 310 g/mol. The fourth-order valence-corrected chi connectivity index (χ4v) is 3.69. The molecule has 0 saturated carbocycles. The molecule has 140 valence electrons. The van der Waals surface area contributed by atoms with Crippen LogP contribution in [0.2, 0.25) is 0 Å². The van der Waals surface area contributed by atoms with Crippen LogP contribution in [0.4, 0.5) is 0 Å². The maximum atomic E-state index is 10.3. The van der Waals surface area contributed by atoms with Crippen LogP contribution in [0, 0.1) is 5.92 Å². The number of aliphatic carboxylic acids is 1. The molecule has 0 radical (unpaired) electrons. The van der Waals surface area contributed by atoms with Gasteiger partial charge in [0.1, 0.15) is 0 Å². The molecule has 6 nitrogen and oxygen atoms in total. The topological polar surface area (TPSA) is 90.2 Å². The van der Waals surface area contributed by atoms with E-state index in [-0.39, 0.29) is 11.1 Å². The minimum atomic E-state index is -1.04. The average molecular weight is 343 g/mol. The number of unbranched alkanes of at least 4 members (excludes halogenated alkanes) is 1. The van der Waals surface area contributed by atoms with E-state index in [0.29, 0.717) is 25.6 Å². The van der Waals surface area contributed by atoms with E-state index in [1.807, 2.05) is 27.7 Å². The predicted molar refractivity (Wildman–Crippen MR) is 92.0 cm³/mol. The van der Waals surface area contributed by atoms with Gasteiger partial charge < -0.3 is 20.2 Å². The fraction of sp³-hybridized carbons (Fsp3) is 0.833. The van der Waals surface area contributed by atoms with E-state index in [0.717, 1.165) is 31.8 Å². The summed E-state index contributed by atoms with van der Waals surface area (Å²) in [5.41, 5.74) is -0.507. The van der Waals surface area contributed by atoms with Gasteiger partial charge in [-0.2, -0.15) is 5.06 Å². The summed E-state index contributed by atoms with van der Waals surface area (Å²) < 4.78 is 5.78. The normalized spacial score (nSPS) is 22.8. The summed E-state index contributed by atoms with van der Waals surface area (Å²) in [5.74, 6) is -0.625. The molecule has 0 bridgehead atoms. The Morgan fingerprint density at radius 2 is 1.83 bits per heavy atom. The summed E-state index contributed by atoms with van der Waals surface area (Å²) >= 11 is 0. The molecular formula is C18H33NO5. The Morgan fingerprint density at radius 3 is 2.38 bits per heavy atom. The smallest absolute Gasteiger partial charge is 0.328 e. The van der Waals surface area contributed by atoms with Crippen LogP contribution in [0.3, 0.4) is 0 Å². The van der Waals surface area contributed by atoms with Gasteiger partial charge in [0.2, 0.25) is 0 Å². The lowest BCUT2D eigenvalue weighted by molar-refractivity contribution is -0.253. The number of carboxylic acids is 1. The van der Waals surface area contributed by atoms with E-state index in [1.54, 1.807) is 0 Å². The molecule has 6 heteroatoms. The number of aliphatic hydroxyl groups is 1. The Bertz CT molecular complexity index is 415. The number of nitrogens with zero attached hydrogens (tertiary/aromatic N) is 1. The third-order valence-corrected chi connectivity index (χ3v) is 4.58. The van der Waals surface area contributed by atoms with Gasteiger partial charge in [0.15, 0.2) is 0 Å². The van der Waals surface area contributed by atoms with Gasteiger partial charge in [-0.25, -0.2) is 4.79 Å². The van der Waals surface area contributed by atoms with Crippen LogP contribution < -0.4 is 0 Å². The summed E-state index contributed by atoms with van der Waals surface area (Å²) in [6.45, 7) is 9.51. The van der Waals surface area contributed by atoms with E-state index in [4.69, 9.17) is 9.84 Å². The van der Waals surface area contributed by atoms with Crippen LogP contribution in [0.1, 0.15) is 59.8 Å². The fourth-order valence-electron chi connectivity index (χ4n) is 3.69. The molecule has 1 heterocycles. The molecule has 1 aliphatic rings. The second kappa shape index (κ2) is 8.94. The Hall–Kier alpha value is -0.950. The lowest BCUT2D eigenvalue weighted by Crippen LogP contribution is -2.59. The number of carbonyl (C=O) groups is 1. The van der Waals surface area contributed by atoms with Crippen molar-refractivity contribution < 1.29 is 25.0 Å². The first-order valence-electron chi connectivity index (χ1n) is 8.71. The standard InChI is InChI=1S/C18H33NO5/c1-17(2)11-14(12-18(3,4)19(17)23)13-24-10-6-5-7-15(20)8-9-16(21)22/h8-9,14-15,20,23H,5-7,10-13H2,1-4H3,(H,21,22)/b9-8+. The van der Waals surface area contributed by atoms with Gasteiger partial charge in [0, 0.05) is 30.4 Å². The number of aliphatic hydroxyl groups excluding tert-OH is 1. The molecule has 0 aromatic rings. The number of rotatable bonds is 9. The third kappa shape index (κ3) is 6.89. The third-order valence-electron chi connectivity index (χ3n) is 4.58. The highest BCUT2D eigenvalue weighted by molar-refractivity contribution is 5.79. The van der Waals surface area contributed by atoms with Crippen LogP contribution in [0.25, 0.3) is 0 Å². The second-order valence-electron chi connectivity index (χ2n) is 8.05. The Labute approximate surface area is 145 Å². The van der Waals surface area contributed by atoms with E-state index in [9.17, 15) is 15.1 Å². The Balaban J connectivity index is 2.21. The monoisotopic (exact) mass is 343 g/mol. The van der Waals surface area contributed by atoms with E-state index < -0.39 is 12.1 Å². The maximum absolute atomic E-state index is 10.3. The van der Waals surface area contributed by atoms with Gasteiger partial charge in [0.05, 0.1) is 6.10 Å². The molecule has 0 aliphatic carbocycles. The summed E-state index contributed by atoms with van der Waals surface area (Å²) in [6.07, 6.45) is 5.51. The molecule has 1 unspecified atom stereocenters. The summed E-state index contributed by atoms with van der Waals surface area (Å²) in [4.78, 5) is 10.3. The molecule has 1 rings (SSSR count). The highest BCUT2D eigenvalue weighted by atomic mass is 16.5. The van der Waals surface area contributed by atoms with Crippen molar-refractivity contribution in [2.75, 3.05) is 13.2 Å². The largest absolute Gasteiger partial charge is 0.478 e. The van der Waals surface area contributed by atoms with E-state index >= 15 is 0 Å². The molecule has 1 aliphatic heterocycles. The SMILES string of the molecule is CC1(C)CC(COCCCCC(O)/C=C/C(=O)O)CC(C)(C)N1O. The van der Waals surface area contributed by atoms with Crippen LogP contribution >= 0.6 is 0 Å². The zero-order valence-electron chi connectivity index (χ0n) is 15.4. The second-order valence-corrected chi connectivity index (χ2v) is 8.05. The Kier molecular flexibility index (Phi) is 7.86. The first-order chi connectivity index (χ1) is 11.0. The van der Waals surface area contributed by atoms with Crippen LogP contribution in [-0.2, 0) is 9.53 Å². The summed E-state index contributed by atoms with van der Waals surface area (Å²) in [7, 11) is 0. The number of hydroxylamine groups is 2. The molecule has 1 saturated heterocycles. The molecule has 3 N–H and O–H groups in total. The van der Waals surface area contributed by atoms with Crippen molar-refractivity contribution in [3.8, 4) is 0 Å². The highest BCUT2D eigenvalue weighted by Gasteiger charge is 2.44. The van der Waals surface area contributed by atoms with E-state index in [2.05, 4.69) is 0 Å². The lowest BCUT2D eigenvalue weighted by atomic mass is 9.75. The number of hydrogen-bond acceptors (Lipinski definition) is 5. The molecule has 1 atom stereocenters. The molecule has 24 heavy (non-hydrogen) atoms. The van der Waals surface area contributed by atoms with Crippen LogP contribution in [0.5, 0.6) is 0 Å². The molecule has 0 spiro atoms. The van der Waals surface area contributed by atoms with Crippen LogP contribution in [0.15, 0.2) is 12.2 Å². The predicted octanol–water partition coefficient (Wildman–Crippen LogP) is 2.83. The zero-order chi connectivity index (χ0) is 18.4. The lowest BCUT2D eigenvalue weighted by Gasteiger charge is -2.51. The van der Waals surface area contributed by atoms with Crippen LogP contribution in [-0.4, -0.2) is 56.8 Å². The van der Waals surface area contributed by atoms with Crippen molar-refractivity contribution in [2.24, 2.45) is 5.92 Å². The molecule has 1 fully saturated rings. The first kappa shape index (κ1) is 21.1. The van der Waals surface area contributed by atoms with Gasteiger partial charge in [-0.3, -0.25) is 0 Å². The number of hydrogen-bond donors (Lipinski definition) is 3. The van der Waals surface area contributed by atoms with Gasteiger partial charge in [-0.1, -0.05) is 0 Å². The van der Waals surface area contributed by atoms with Crippen molar-refractivity contribution in [2.45, 2.75) is 77.0 Å². The highest BCUT2D eigenvalue weighted by Crippen LogP contribution is 2.39. The minimum absolute atomic E-state index is 0.254. The summed E-state index contributed by atoms with van der Waals surface area (Å²) in [6, 6.07) is 0. The molecule has 0 amide bonds. The maximum Gasteiger partial charge on any atom is 0.328 e. The van der Waals surface area contributed by atoms with Crippen molar-refractivity contribution in [3.05, 3.63) is 12.2 Å². The van der Waals surface area contributed by atoms with Crippen molar-refractivity contribution in [1.82, 2.24) is 5.06 Å².